The van der Waals surface area contributed by atoms with E-state index in [1.807, 2.05) is 0 Å². The van der Waals surface area contributed by atoms with E-state index in [-0.39, 0.29) is 31.2 Å². The number of ether oxygens (including phenoxy) is 2. The summed E-state index contributed by atoms with van der Waals surface area (Å²) in [4.78, 5) is 16.1. The van der Waals surface area contributed by atoms with Gasteiger partial charge in [-0.2, -0.15) is 5.10 Å². The molecule has 11 heteroatoms. The largest absolute Gasteiger partial charge is 0.477 e. The number of hydrogen-bond donors (Lipinski definition) is 3. The molecule has 4 rings (SSSR count). The van der Waals surface area contributed by atoms with Crippen LogP contribution >= 0.6 is 0 Å². The number of rotatable bonds is 0. The van der Waals surface area contributed by atoms with Crippen LogP contribution in [-0.4, -0.2) is 52.1 Å². The molecule has 0 radical (unpaired) electrons. The van der Waals surface area contributed by atoms with Gasteiger partial charge in [-0.05, 0) is 25.8 Å². The van der Waals surface area contributed by atoms with Crippen LogP contribution < -0.4 is 15.4 Å². The van der Waals surface area contributed by atoms with Crippen LogP contribution in [0.25, 0.3) is 0 Å². The second kappa shape index (κ2) is 8.04. The monoisotopic (exact) mass is 425 g/mol. The predicted molar refractivity (Wildman–Crippen MR) is 101 cm³/mol. The molecule has 0 aromatic carbocycles. The summed E-state index contributed by atoms with van der Waals surface area (Å²) >= 11 is 0. The SMILES string of the molecule is C[C@@H]1NC(=O)O[C@H]2C[C@H](C[C@H]2F)c2cc(n[nH]2)Nc2ccnc(c2)OCCC1(F)F. The number of fused-ring (bicyclic) bond motifs is 7. The van der Waals surface area contributed by atoms with Gasteiger partial charge in [0.1, 0.15) is 12.3 Å². The Hall–Kier alpha value is -2.98. The number of carbonyl (C=O) groups excluding carboxylic acids is 1. The van der Waals surface area contributed by atoms with Gasteiger partial charge in [0.2, 0.25) is 5.88 Å². The van der Waals surface area contributed by atoms with Gasteiger partial charge < -0.3 is 20.1 Å². The molecule has 1 aliphatic carbocycles. The molecule has 6 bridgehead atoms. The third-order valence-corrected chi connectivity index (χ3v) is 5.39. The second-order valence-corrected chi connectivity index (χ2v) is 7.57. The fourth-order valence-electron chi connectivity index (χ4n) is 3.61. The van der Waals surface area contributed by atoms with Gasteiger partial charge in [-0.25, -0.2) is 22.9 Å². The first-order chi connectivity index (χ1) is 14.3. The highest BCUT2D eigenvalue weighted by molar-refractivity contribution is 5.68. The molecule has 2 aromatic rings. The van der Waals surface area contributed by atoms with Crippen molar-refractivity contribution in [2.75, 3.05) is 11.9 Å². The summed E-state index contributed by atoms with van der Waals surface area (Å²) in [5, 5.41) is 12.2. The average Bonchev–Trinajstić information content (AvgIpc) is 3.28. The standard InChI is InChI=1S/C19H22F3N5O3/c1-10-19(21,22)3-5-29-17-8-12(2-4-23-17)25-16-9-14(26-27-16)11-6-13(20)15(7-11)30-18(28)24-10/h2,4,8-11,13,15H,3,5-7H2,1H3,(H,24,28)(H2,25,26,27)/t10-,11-,13+,15-/m0/s1. The number of aromatic amines is 1. The Kier molecular flexibility index (Phi) is 5.44. The predicted octanol–water partition coefficient (Wildman–Crippen LogP) is 3.66. The number of amides is 1. The number of hydrogen-bond acceptors (Lipinski definition) is 6. The Morgan fingerprint density at radius 1 is 1.27 bits per heavy atom. The summed E-state index contributed by atoms with van der Waals surface area (Å²) in [6.45, 7) is 0.854. The molecule has 4 atom stereocenters. The zero-order chi connectivity index (χ0) is 21.3. The summed E-state index contributed by atoms with van der Waals surface area (Å²) in [7, 11) is 0. The van der Waals surface area contributed by atoms with E-state index in [0.717, 1.165) is 0 Å². The molecule has 1 saturated carbocycles. The molecule has 0 spiro atoms. The summed E-state index contributed by atoms with van der Waals surface area (Å²) in [5.41, 5.74) is 1.31. The van der Waals surface area contributed by atoms with E-state index in [2.05, 4.69) is 25.8 Å². The van der Waals surface area contributed by atoms with Crippen molar-refractivity contribution in [3.8, 4) is 5.88 Å². The molecule has 0 unspecified atom stereocenters. The molecule has 1 fully saturated rings. The van der Waals surface area contributed by atoms with E-state index in [0.29, 0.717) is 17.2 Å². The first-order valence-corrected chi connectivity index (χ1v) is 9.70. The summed E-state index contributed by atoms with van der Waals surface area (Å²) in [5.74, 6) is -2.82. The zero-order valence-electron chi connectivity index (χ0n) is 16.2. The van der Waals surface area contributed by atoms with Crippen molar-refractivity contribution >= 4 is 17.6 Å². The lowest BCUT2D eigenvalue weighted by molar-refractivity contribution is -0.0494. The number of halogens is 3. The first-order valence-electron chi connectivity index (χ1n) is 9.70. The molecule has 30 heavy (non-hydrogen) atoms. The highest BCUT2D eigenvalue weighted by atomic mass is 19.3. The van der Waals surface area contributed by atoms with Crippen LogP contribution in [0.3, 0.4) is 0 Å². The van der Waals surface area contributed by atoms with Crippen molar-refractivity contribution in [1.29, 1.82) is 0 Å². The van der Waals surface area contributed by atoms with Crippen molar-refractivity contribution in [1.82, 2.24) is 20.5 Å². The van der Waals surface area contributed by atoms with Crippen LogP contribution in [0.1, 0.15) is 37.8 Å². The topological polar surface area (TPSA) is 101 Å². The Balaban J connectivity index is 1.59. The lowest BCUT2D eigenvalue weighted by Crippen LogP contribution is -2.47. The van der Waals surface area contributed by atoms with Crippen molar-refractivity contribution in [2.45, 2.75) is 56.3 Å². The van der Waals surface area contributed by atoms with Crippen LogP contribution in [0.15, 0.2) is 24.4 Å². The summed E-state index contributed by atoms with van der Waals surface area (Å²) < 4.78 is 53.6. The molecular formula is C19H22F3N5O3. The summed E-state index contributed by atoms with van der Waals surface area (Å²) in [6.07, 6.45) is -2.27. The average molecular weight is 425 g/mol. The van der Waals surface area contributed by atoms with Crippen LogP contribution in [0, 0.1) is 0 Å². The third-order valence-electron chi connectivity index (χ3n) is 5.39. The number of anilines is 2. The highest BCUT2D eigenvalue weighted by Crippen LogP contribution is 2.38. The minimum absolute atomic E-state index is 0.137. The van der Waals surface area contributed by atoms with E-state index in [1.165, 1.54) is 13.1 Å². The normalized spacial score (nSPS) is 28.9. The van der Waals surface area contributed by atoms with E-state index in [9.17, 15) is 18.0 Å². The zero-order valence-corrected chi connectivity index (χ0v) is 16.2. The van der Waals surface area contributed by atoms with Gasteiger partial charge in [0, 0.05) is 42.0 Å². The van der Waals surface area contributed by atoms with Gasteiger partial charge in [-0.1, -0.05) is 0 Å². The van der Waals surface area contributed by atoms with Crippen molar-refractivity contribution < 1.29 is 27.4 Å². The lowest BCUT2D eigenvalue weighted by Gasteiger charge is -2.25. The molecule has 2 aromatic heterocycles. The molecule has 3 heterocycles. The number of alkyl carbamates (subject to hydrolysis) is 1. The van der Waals surface area contributed by atoms with E-state index >= 15 is 0 Å². The number of alkyl halides is 3. The maximum absolute atomic E-state index is 14.4. The number of aromatic nitrogens is 3. The molecule has 1 amide bonds. The fourth-order valence-corrected chi connectivity index (χ4v) is 3.61. The molecule has 1 aliphatic heterocycles. The van der Waals surface area contributed by atoms with Gasteiger partial charge in [0.05, 0.1) is 12.6 Å². The van der Waals surface area contributed by atoms with Crippen LogP contribution in [0.5, 0.6) is 5.88 Å². The Morgan fingerprint density at radius 2 is 2.10 bits per heavy atom. The van der Waals surface area contributed by atoms with Crippen LogP contribution in [-0.2, 0) is 4.74 Å². The van der Waals surface area contributed by atoms with Gasteiger partial charge in [0.15, 0.2) is 5.82 Å². The lowest BCUT2D eigenvalue weighted by atomic mass is 10.0. The van der Waals surface area contributed by atoms with Gasteiger partial charge >= 0.3 is 6.09 Å². The molecule has 8 nitrogen and oxygen atoms in total. The number of pyridine rings is 1. The molecule has 2 aliphatic rings. The highest BCUT2D eigenvalue weighted by Gasteiger charge is 2.41. The number of carbonyl (C=O) groups is 1. The minimum atomic E-state index is -3.25. The smallest absolute Gasteiger partial charge is 0.407 e. The van der Waals surface area contributed by atoms with Crippen molar-refractivity contribution in [2.24, 2.45) is 0 Å². The third kappa shape index (κ3) is 4.44. The van der Waals surface area contributed by atoms with Gasteiger partial charge in [-0.3, -0.25) is 5.10 Å². The van der Waals surface area contributed by atoms with Crippen LogP contribution in [0.2, 0.25) is 0 Å². The van der Waals surface area contributed by atoms with E-state index in [4.69, 9.17) is 9.47 Å². The fraction of sp³-hybridized carbons (Fsp3) is 0.526. The Labute approximate surface area is 170 Å². The molecular weight excluding hydrogens is 403 g/mol. The number of H-pyrrole nitrogens is 1. The quantitative estimate of drug-likeness (QED) is 0.596. The second-order valence-electron chi connectivity index (χ2n) is 7.57. The van der Waals surface area contributed by atoms with Crippen molar-refractivity contribution in [3.63, 3.8) is 0 Å². The number of nitrogens with one attached hydrogen (secondary N) is 3. The Morgan fingerprint density at radius 3 is 2.93 bits per heavy atom. The maximum atomic E-state index is 14.4. The van der Waals surface area contributed by atoms with Crippen LogP contribution in [0.4, 0.5) is 29.5 Å². The molecule has 162 valence electrons. The maximum Gasteiger partial charge on any atom is 0.407 e. The minimum Gasteiger partial charge on any atom is -0.477 e. The Bertz CT molecular complexity index is 909. The molecule has 3 N–H and O–H groups in total. The van der Waals surface area contributed by atoms with Crippen molar-refractivity contribution in [3.05, 3.63) is 30.1 Å². The first kappa shape index (κ1) is 20.3. The molecule has 0 saturated heterocycles. The summed E-state index contributed by atoms with van der Waals surface area (Å²) in [6, 6.07) is 3.49. The van der Waals surface area contributed by atoms with E-state index in [1.54, 1.807) is 18.2 Å². The van der Waals surface area contributed by atoms with Gasteiger partial charge in [0.25, 0.3) is 5.92 Å². The number of nitrogens with zero attached hydrogens (tertiary/aromatic N) is 2. The van der Waals surface area contributed by atoms with E-state index < -0.39 is 36.8 Å². The van der Waals surface area contributed by atoms with Gasteiger partial charge in [-0.15, -0.1) is 0 Å².